The molecule has 4 nitrogen and oxygen atoms in total. The zero-order valence-electron chi connectivity index (χ0n) is 12.0. The van der Waals surface area contributed by atoms with Gasteiger partial charge in [0.05, 0.1) is 5.52 Å². The van der Waals surface area contributed by atoms with E-state index in [-0.39, 0.29) is 0 Å². The van der Waals surface area contributed by atoms with Gasteiger partial charge in [-0.3, -0.25) is 0 Å². The van der Waals surface area contributed by atoms with Crippen molar-refractivity contribution in [2.24, 2.45) is 0 Å². The van der Waals surface area contributed by atoms with Gasteiger partial charge in [0, 0.05) is 20.5 Å². The molecule has 2 aromatic heterocycles. The summed E-state index contributed by atoms with van der Waals surface area (Å²) in [5, 5.41) is 0. The van der Waals surface area contributed by atoms with E-state index in [9.17, 15) is 0 Å². The van der Waals surface area contributed by atoms with Crippen molar-refractivity contribution < 1.29 is 0 Å². The maximum Gasteiger partial charge on any atom is 0.179 e. The van der Waals surface area contributed by atoms with Crippen molar-refractivity contribution in [2.45, 2.75) is 13.3 Å². The van der Waals surface area contributed by atoms with Crippen LogP contribution in [-0.4, -0.2) is 29.0 Å². The summed E-state index contributed by atoms with van der Waals surface area (Å²) in [5.74, 6) is 1.88. The largest absolute Gasteiger partial charge is 0.363 e. The van der Waals surface area contributed by atoms with Crippen LogP contribution >= 0.6 is 0 Å². The van der Waals surface area contributed by atoms with Gasteiger partial charge < -0.3 is 9.88 Å². The van der Waals surface area contributed by atoms with E-state index in [1.807, 2.05) is 31.1 Å². The molecule has 1 aromatic carbocycles. The van der Waals surface area contributed by atoms with Crippen molar-refractivity contribution in [1.82, 2.24) is 15.0 Å². The molecule has 0 fully saturated rings. The summed E-state index contributed by atoms with van der Waals surface area (Å²) in [4.78, 5) is 14.5. The van der Waals surface area contributed by atoms with Crippen LogP contribution in [0.5, 0.6) is 0 Å². The Kier molecular flexibility index (Phi) is 3.14. The Labute approximate surface area is 118 Å². The van der Waals surface area contributed by atoms with Crippen LogP contribution in [0.2, 0.25) is 0 Å². The minimum Gasteiger partial charge on any atom is -0.363 e. The number of aryl methyl sites for hydroxylation is 1. The van der Waals surface area contributed by atoms with Crippen molar-refractivity contribution in [3.63, 3.8) is 0 Å². The van der Waals surface area contributed by atoms with Crippen molar-refractivity contribution in [3.05, 3.63) is 53.3 Å². The molecular weight excluding hydrogens is 248 g/mol. The van der Waals surface area contributed by atoms with Crippen LogP contribution in [0, 0.1) is 6.92 Å². The molecule has 3 aromatic rings. The number of nitrogens with zero attached hydrogens (tertiary/aromatic N) is 3. The molecule has 0 radical (unpaired) electrons. The highest BCUT2D eigenvalue weighted by atomic mass is 15.1. The summed E-state index contributed by atoms with van der Waals surface area (Å²) < 4.78 is 0. The van der Waals surface area contributed by atoms with Crippen LogP contribution in [0.15, 0.2) is 36.4 Å². The zero-order chi connectivity index (χ0) is 14.1. The average molecular weight is 266 g/mol. The molecule has 20 heavy (non-hydrogen) atoms. The summed E-state index contributed by atoms with van der Waals surface area (Å²) in [6, 6.07) is 12.4. The molecule has 0 aliphatic heterocycles. The van der Waals surface area contributed by atoms with Crippen molar-refractivity contribution in [1.29, 1.82) is 0 Å². The van der Waals surface area contributed by atoms with Gasteiger partial charge in [-0.2, -0.15) is 0 Å². The lowest BCUT2D eigenvalue weighted by Crippen LogP contribution is -2.10. The molecule has 0 saturated heterocycles. The van der Waals surface area contributed by atoms with Crippen LogP contribution in [0.25, 0.3) is 11.2 Å². The Morgan fingerprint density at radius 3 is 2.60 bits per heavy atom. The van der Waals surface area contributed by atoms with E-state index in [1.54, 1.807) is 0 Å². The second-order valence-electron chi connectivity index (χ2n) is 5.22. The highest BCUT2D eigenvalue weighted by molar-refractivity contribution is 5.73. The Morgan fingerprint density at radius 1 is 1.05 bits per heavy atom. The number of fused-ring (bicyclic) bond motifs is 1. The fourth-order valence-corrected chi connectivity index (χ4v) is 2.25. The van der Waals surface area contributed by atoms with Gasteiger partial charge in [-0.15, -0.1) is 0 Å². The SMILES string of the molecule is Cc1ccccc1Cc1nc2nc(N(C)C)ccc2[nH]1. The molecule has 0 spiro atoms. The van der Waals surface area contributed by atoms with E-state index in [0.717, 1.165) is 29.2 Å². The predicted octanol–water partition coefficient (Wildman–Crippen LogP) is 2.92. The molecule has 0 amide bonds. The van der Waals surface area contributed by atoms with Crippen molar-refractivity contribution in [2.75, 3.05) is 19.0 Å². The second kappa shape index (κ2) is 4.96. The maximum atomic E-state index is 4.60. The molecule has 4 heteroatoms. The number of nitrogens with one attached hydrogen (secondary N) is 1. The summed E-state index contributed by atoms with van der Waals surface area (Å²) in [6.45, 7) is 2.13. The summed E-state index contributed by atoms with van der Waals surface area (Å²) >= 11 is 0. The van der Waals surface area contributed by atoms with Crippen molar-refractivity contribution in [3.8, 4) is 0 Å². The van der Waals surface area contributed by atoms with E-state index in [0.29, 0.717) is 0 Å². The number of aromatic amines is 1. The molecule has 0 bridgehead atoms. The lowest BCUT2D eigenvalue weighted by molar-refractivity contribution is 1.02. The minimum atomic E-state index is 0.778. The zero-order valence-corrected chi connectivity index (χ0v) is 12.0. The first-order valence-corrected chi connectivity index (χ1v) is 6.71. The third-order valence-electron chi connectivity index (χ3n) is 3.46. The molecule has 3 rings (SSSR count). The Hall–Kier alpha value is -2.36. The number of hydrogen-bond donors (Lipinski definition) is 1. The van der Waals surface area contributed by atoms with Gasteiger partial charge in [-0.05, 0) is 30.2 Å². The summed E-state index contributed by atoms with van der Waals surface area (Å²) in [6.07, 6.45) is 0.806. The van der Waals surface area contributed by atoms with E-state index < -0.39 is 0 Å². The fraction of sp³-hybridized carbons (Fsp3) is 0.250. The number of aromatic nitrogens is 3. The second-order valence-corrected chi connectivity index (χ2v) is 5.22. The van der Waals surface area contributed by atoms with Crippen LogP contribution < -0.4 is 4.90 Å². The van der Waals surface area contributed by atoms with Gasteiger partial charge in [0.25, 0.3) is 0 Å². The van der Waals surface area contributed by atoms with Crippen LogP contribution in [0.3, 0.4) is 0 Å². The molecule has 0 aliphatic carbocycles. The number of pyridine rings is 1. The molecule has 0 atom stereocenters. The number of anilines is 1. The van der Waals surface area contributed by atoms with Crippen LogP contribution in [0.1, 0.15) is 17.0 Å². The van der Waals surface area contributed by atoms with E-state index >= 15 is 0 Å². The van der Waals surface area contributed by atoms with Gasteiger partial charge in [0.15, 0.2) is 5.65 Å². The van der Waals surface area contributed by atoms with Gasteiger partial charge >= 0.3 is 0 Å². The number of H-pyrrole nitrogens is 1. The number of hydrogen-bond acceptors (Lipinski definition) is 3. The highest BCUT2D eigenvalue weighted by Crippen LogP contribution is 2.17. The monoisotopic (exact) mass is 266 g/mol. The Morgan fingerprint density at radius 2 is 1.85 bits per heavy atom. The molecular formula is C16H18N4. The molecule has 1 N–H and O–H groups in total. The molecule has 0 saturated carbocycles. The lowest BCUT2D eigenvalue weighted by atomic mass is 10.1. The number of rotatable bonds is 3. The fourth-order valence-electron chi connectivity index (χ4n) is 2.25. The molecule has 102 valence electrons. The lowest BCUT2D eigenvalue weighted by Gasteiger charge is -2.09. The minimum absolute atomic E-state index is 0.778. The summed E-state index contributed by atoms with van der Waals surface area (Å²) in [7, 11) is 3.96. The normalized spacial score (nSPS) is 10.9. The highest BCUT2D eigenvalue weighted by Gasteiger charge is 2.07. The van der Waals surface area contributed by atoms with Crippen LogP contribution in [0.4, 0.5) is 5.82 Å². The topological polar surface area (TPSA) is 44.8 Å². The quantitative estimate of drug-likeness (QED) is 0.792. The Balaban J connectivity index is 1.95. The molecule has 0 aliphatic rings. The standard InChI is InChI=1S/C16H18N4/c1-11-6-4-5-7-12(11)10-14-17-13-8-9-15(20(2)3)19-16(13)18-14/h4-9H,10H2,1-3H3,(H,17,18,19). The van der Waals surface area contributed by atoms with E-state index in [4.69, 9.17) is 0 Å². The van der Waals surface area contributed by atoms with Crippen LogP contribution in [-0.2, 0) is 6.42 Å². The number of benzene rings is 1. The van der Waals surface area contributed by atoms with Gasteiger partial charge in [0.1, 0.15) is 11.6 Å². The first kappa shape index (κ1) is 12.7. The number of imidazole rings is 1. The van der Waals surface area contributed by atoms with E-state index in [1.165, 1.54) is 11.1 Å². The van der Waals surface area contributed by atoms with Gasteiger partial charge in [0.2, 0.25) is 0 Å². The predicted molar refractivity (Wildman–Crippen MR) is 82.2 cm³/mol. The van der Waals surface area contributed by atoms with Crippen molar-refractivity contribution >= 4 is 17.0 Å². The third-order valence-corrected chi connectivity index (χ3v) is 3.46. The van der Waals surface area contributed by atoms with E-state index in [2.05, 4.69) is 46.1 Å². The Bertz CT molecular complexity index is 743. The first-order chi connectivity index (χ1) is 9.63. The smallest absolute Gasteiger partial charge is 0.179 e. The molecule has 2 heterocycles. The first-order valence-electron chi connectivity index (χ1n) is 6.71. The van der Waals surface area contributed by atoms with Gasteiger partial charge in [-0.1, -0.05) is 24.3 Å². The summed E-state index contributed by atoms with van der Waals surface area (Å²) in [5.41, 5.74) is 4.34. The maximum absolute atomic E-state index is 4.60. The average Bonchev–Trinajstić information content (AvgIpc) is 2.82. The van der Waals surface area contributed by atoms with Gasteiger partial charge in [-0.25, -0.2) is 9.97 Å². The third kappa shape index (κ3) is 2.37. The molecule has 0 unspecified atom stereocenters.